The lowest BCUT2D eigenvalue weighted by molar-refractivity contribution is -0.118. The lowest BCUT2D eigenvalue weighted by Crippen LogP contribution is -2.25. The molecule has 7 heteroatoms. The highest BCUT2D eigenvalue weighted by atomic mass is 32.2. The van der Waals surface area contributed by atoms with E-state index in [1.54, 1.807) is 30.5 Å². The van der Waals surface area contributed by atoms with Crippen LogP contribution in [0.3, 0.4) is 0 Å². The second-order valence-corrected chi connectivity index (χ2v) is 5.78. The Morgan fingerprint density at radius 1 is 1.32 bits per heavy atom. The monoisotopic (exact) mass is 317 g/mol. The van der Waals surface area contributed by atoms with E-state index in [1.807, 2.05) is 0 Å². The maximum absolute atomic E-state index is 12.9. The topological polar surface area (TPSA) is 67.0 Å². The molecule has 1 atom stereocenters. The van der Waals surface area contributed by atoms with E-state index in [-0.39, 0.29) is 17.0 Å². The lowest BCUT2D eigenvalue weighted by atomic mass is 10.1. The van der Waals surface area contributed by atoms with Crippen molar-refractivity contribution in [3.8, 4) is 0 Å². The first-order chi connectivity index (χ1) is 10.7. The number of amides is 1. The van der Waals surface area contributed by atoms with Gasteiger partial charge in [0.1, 0.15) is 11.6 Å². The minimum atomic E-state index is -0.290. The van der Waals surface area contributed by atoms with Crippen molar-refractivity contribution in [2.24, 2.45) is 10.2 Å². The van der Waals surface area contributed by atoms with Crippen LogP contribution in [-0.4, -0.2) is 22.5 Å². The van der Waals surface area contributed by atoms with Gasteiger partial charge >= 0.3 is 0 Å². The van der Waals surface area contributed by atoms with E-state index in [2.05, 4.69) is 15.5 Å². The standard InChI is InChI=1S/C15H12FN3O2S/c16-11-5-3-10(4-6-11)8-13-14(20)18-15(22-13)19-17-9-12-2-1-7-21-12/h1-7,9,13H,8H2,(H,18,19,20). The van der Waals surface area contributed by atoms with Gasteiger partial charge in [-0.25, -0.2) is 4.39 Å². The van der Waals surface area contributed by atoms with Crippen molar-refractivity contribution in [3.05, 3.63) is 59.8 Å². The number of nitrogens with zero attached hydrogens (tertiary/aromatic N) is 2. The van der Waals surface area contributed by atoms with Gasteiger partial charge in [-0.3, -0.25) is 4.79 Å². The van der Waals surface area contributed by atoms with Crippen LogP contribution in [-0.2, 0) is 11.2 Å². The zero-order valence-electron chi connectivity index (χ0n) is 11.4. The summed E-state index contributed by atoms with van der Waals surface area (Å²) in [6.07, 6.45) is 3.52. The average molecular weight is 317 g/mol. The highest BCUT2D eigenvalue weighted by Crippen LogP contribution is 2.23. The number of benzene rings is 1. The number of furan rings is 1. The molecule has 0 radical (unpaired) electrons. The summed E-state index contributed by atoms with van der Waals surface area (Å²) in [6.45, 7) is 0. The number of halogens is 1. The van der Waals surface area contributed by atoms with Crippen LogP contribution in [0.2, 0.25) is 0 Å². The number of amidine groups is 1. The fourth-order valence-electron chi connectivity index (χ4n) is 1.92. The summed E-state index contributed by atoms with van der Waals surface area (Å²) in [7, 11) is 0. The van der Waals surface area contributed by atoms with Gasteiger partial charge in [0.15, 0.2) is 5.17 Å². The Balaban J connectivity index is 1.61. The Hall–Kier alpha value is -2.41. The van der Waals surface area contributed by atoms with Gasteiger partial charge in [0.2, 0.25) is 5.91 Å². The molecular formula is C15H12FN3O2S. The second kappa shape index (κ2) is 6.57. The number of hydrogen-bond acceptors (Lipinski definition) is 5. The maximum Gasteiger partial charge on any atom is 0.239 e. The van der Waals surface area contributed by atoms with Crippen molar-refractivity contribution < 1.29 is 13.6 Å². The van der Waals surface area contributed by atoms with Crippen molar-refractivity contribution >= 4 is 29.1 Å². The van der Waals surface area contributed by atoms with Gasteiger partial charge in [-0.05, 0) is 36.2 Å². The van der Waals surface area contributed by atoms with Crippen LogP contribution in [0.15, 0.2) is 57.3 Å². The normalized spacial score (nSPS) is 20.0. The first kappa shape index (κ1) is 14.5. The van der Waals surface area contributed by atoms with E-state index in [1.165, 1.54) is 30.1 Å². The predicted molar refractivity (Wildman–Crippen MR) is 83.4 cm³/mol. The molecule has 2 aromatic rings. The molecule has 1 saturated heterocycles. The number of rotatable bonds is 4. The lowest BCUT2D eigenvalue weighted by Gasteiger charge is -2.04. The number of carbonyl (C=O) groups excluding carboxylic acids is 1. The molecule has 0 aliphatic carbocycles. The van der Waals surface area contributed by atoms with Crippen LogP contribution in [0.4, 0.5) is 4.39 Å². The van der Waals surface area contributed by atoms with Gasteiger partial charge in [-0.1, -0.05) is 23.9 Å². The minimum Gasteiger partial charge on any atom is -0.463 e. The van der Waals surface area contributed by atoms with Crippen molar-refractivity contribution in [1.29, 1.82) is 0 Å². The van der Waals surface area contributed by atoms with E-state index in [9.17, 15) is 9.18 Å². The van der Waals surface area contributed by atoms with Gasteiger partial charge < -0.3 is 9.73 Å². The molecule has 1 aliphatic heterocycles. The molecule has 1 fully saturated rings. The molecule has 22 heavy (non-hydrogen) atoms. The summed E-state index contributed by atoms with van der Waals surface area (Å²) in [5, 5.41) is 10.6. The van der Waals surface area contributed by atoms with E-state index < -0.39 is 0 Å². The van der Waals surface area contributed by atoms with Crippen LogP contribution in [0.25, 0.3) is 0 Å². The molecule has 0 spiro atoms. The molecule has 2 heterocycles. The Morgan fingerprint density at radius 2 is 2.14 bits per heavy atom. The molecule has 1 N–H and O–H groups in total. The Bertz CT molecular complexity index is 711. The summed E-state index contributed by atoms with van der Waals surface area (Å²) in [5.41, 5.74) is 0.898. The zero-order valence-corrected chi connectivity index (χ0v) is 12.2. The number of carbonyl (C=O) groups is 1. The van der Waals surface area contributed by atoms with Crippen LogP contribution < -0.4 is 5.32 Å². The average Bonchev–Trinajstić information content (AvgIpc) is 3.12. The largest absolute Gasteiger partial charge is 0.463 e. The molecular weight excluding hydrogens is 305 g/mol. The first-order valence-electron chi connectivity index (χ1n) is 6.57. The van der Waals surface area contributed by atoms with Gasteiger partial charge in [0, 0.05) is 0 Å². The fourth-order valence-corrected chi connectivity index (χ4v) is 2.89. The first-order valence-corrected chi connectivity index (χ1v) is 7.45. The maximum atomic E-state index is 12.9. The third-order valence-electron chi connectivity index (χ3n) is 2.99. The predicted octanol–water partition coefficient (Wildman–Crippen LogP) is 2.58. The third kappa shape index (κ3) is 3.62. The minimum absolute atomic E-state index is 0.124. The quantitative estimate of drug-likeness (QED) is 0.696. The number of hydrogen-bond donors (Lipinski definition) is 1. The molecule has 1 aromatic heterocycles. The van der Waals surface area contributed by atoms with Crippen LogP contribution >= 0.6 is 11.8 Å². The van der Waals surface area contributed by atoms with E-state index in [0.29, 0.717) is 17.3 Å². The number of nitrogens with one attached hydrogen (secondary N) is 1. The van der Waals surface area contributed by atoms with Gasteiger partial charge in [-0.2, -0.15) is 5.10 Å². The smallest absolute Gasteiger partial charge is 0.239 e. The summed E-state index contributed by atoms with van der Waals surface area (Å²) in [4.78, 5) is 11.9. The molecule has 3 rings (SSSR count). The van der Waals surface area contributed by atoms with E-state index in [0.717, 1.165) is 5.56 Å². The van der Waals surface area contributed by atoms with Gasteiger partial charge in [-0.15, -0.1) is 5.10 Å². The van der Waals surface area contributed by atoms with Crippen LogP contribution in [0, 0.1) is 5.82 Å². The van der Waals surface area contributed by atoms with Crippen LogP contribution in [0.1, 0.15) is 11.3 Å². The molecule has 112 valence electrons. The van der Waals surface area contributed by atoms with Crippen molar-refractivity contribution in [3.63, 3.8) is 0 Å². The molecule has 1 aliphatic rings. The third-order valence-corrected chi connectivity index (χ3v) is 4.06. The Kier molecular flexibility index (Phi) is 4.34. The van der Waals surface area contributed by atoms with Gasteiger partial charge in [0.25, 0.3) is 0 Å². The summed E-state index contributed by atoms with van der Waals surface area (Å²) < 4.78 is 18.0. The van der Waals surface area contributed by atoms with Crippen LogP contribution in [0.5, 0.6) is 0 Å². The Morgan fingerprint density at radius 3 is 2.86 bits per heavy atom. The molecule has 0 saturated carbocycles. The molecule has 0 bridgehead atoms. The molecule has 1 unspecified atom stereocenters. The zero-order chi connectivity index (χ0) is 15.4. The number of thioether (sulfide) groups is 1. The van der Waals surface area contributed by atoms with Crippen molar-refractivity contribution in [1.82, 2.24) is 5.32 Å². The second-order valence-electron chi connectivity index (χ2n) is 4.59. The SMILES string of the molecule is O=C1NC(=NN=Cc2ccco2)SC1Cc1ccc(F)cc1. The summed E-state index contributed by atoms with van der Waals surface area (Å²) in [6, 6.07) is 9.62. The summed E-state index contributed by atoms with van der Waals surface area (Å²) in [5.74, 6) is 0.171. The molecule has 1 aromatic carbocycles. The van der Waals surface area contributed by atoms with Gasteiger partial charge in [0.05, 0.1) is 17.7 Å². The fraction of sp³-hybridized carbons (Fsp3) is 0.133. The van der Waals surface area contributed by atoms with Crippen molar-refractivity contribution in [2.45, 2.75) is 11.7 Å². The van der Waals surface area contributed by atoms with Crippen molar-refractivity contribution in [2.75, 3.05) is 0 Å². The molecule has 5 nitrogen and oxygen atoms in total. The highest BCUT2D eigenvalue weighted by Gasteiger charge is 2.30. The molecule has 1 amide bonds. The summed E-state index contributed by atoms with van der Waals surface area (Å²) >= 11 is 1.31. The van der Waals surface area contributed by atoms with E-state index in [4.69, 9.17) is 4.42 Å². The Labute approximate surface area is 130 Å². The van der Waals surface area contributed by atoms with E-state index >= 15 is 0 Å². The highest BCUT2D eigenvalue weighted by molar-refractivity contribution is 8.15.